The van der Waals surface area contributed by atoms with Crippen molar-refractivity contribution in [3.8, 4) is 0 Å². The fourth-order valence-electron chi connectivity index (χ4n) is 2.72. The van der Waals surface area contributed by atoms with Crippen LogP contribution in [0.1, 0.15) is 25.0 Å². The van der Waals surface area contributed by atoms with Crippen LogP contribution in [0.25, 0.3) is 0 Å². The van der Waals surface area contributed by atoms with E-state index in [4.69, 9.17) is 0 Å². The van der Waals surface area contributed by atoms with Gasteiger partial charge in [-0.3, -0.25) is 13.9 Å². The van der Waals surface area contributed by atoms with Crippen molar-refractivity contribution in [3.05, 3.63) is 32.6 Å². The van der Waals surface area contributed by atoms with E-state index in [-0.39, 0.29) is 11.2 Å². The quantitative estimate of drug-likeness (QED) is 0.819. The maximum absolute atomic E-state index is 11.8. The van der Waals surface area contributed by atoms with Crippen LogP contribution < -0.4 is 16.6 Å². The Balaban J connectivity index is 1.98. The van der Waals surface area contributed by atoms with E-state index in [9.17, 15) is 9.59 Å². The molecule has 6 heteroatoms. The lowest BCUT2D eigenvalue weighted by atomic mass is 10.0. The Labute approximate surface area is 119 Å². The van der Waals surface area contributed by atoms with Gasteiger partial charge in [-0.25, -0.2) is 4.79 Å². The van der Waals surface area contributed by atoms with Crippen LogP contribution in [0.5, 0.6) is 0 Å². The van der Waals surface area contributed by atoms with Gasteiger partial charge in [-0.2, -0.15) is 0 Å². The summed E-state index contributed by atoms with van der Waals surface area (Å²) in [6.45, 7) is 2.59. The number of hydrogen-bond donors (Lipinski definition) is 1. The van der Waals surface area contributed by atoms with Gasteiger partial charge < -0.3 is 10.2 Å². The Kier molecular flexibility index (Phi) is 4.77. The highest BCUT2D eigenvalue weighted by atomic mass is 16.2. The molecule has 1 N–H and O–H groups in total. The highest BCUT2D eigenvalue weighted by Crippen LogP contribution is 2.13. The fraction of sp³-hybridized carbons (Fsp3) is 0.714. The summed E-state index contributed by atoms with van der Waals surface area (Å²) in [5, 5.41) is 3.37. The third kappa shape index (κ3) is 3.19. The Morgan fingerprint density at radius 3 is 2.65 bits per heavy atom. The Bertz CT molecular complexity index is 576. The lowest BCUT2D eigenvalue weighted by Gasteiger charge is -2.32. The largest absolute Gasteiger partial charge is 0.330 e. The maximum Gasteiger partial charge on any atom is 0.330 e. The molecule has 0 aromatic carbocycles. The van der Waals surface area contributed by atoms with Crippen molar-refractivity contribution in [2.45, 2.75) is 31.8 Å². The summed E-state index contributed by atoms with van der Waals surface area (Å²) in [6.07, 6.45) is 3.76. The van der Waals surface area contributed by atoms with Gasteiger partial charge in [-0.1, -0.05) is 6.42 Å². The second kappa shape index (κ2) is 6.37. The van der Waals surface area contributed by atoms with E-state index in [1.54, 1.807) is 7.05 Å². The molecular weight excluding hydrogens is 256 g/mol. The average molecular weight is 280 g/mol. The van der Waals surface area contributed by atoms with Crippen LogP contribution in [-0.4, -0.2) is 40.2 Å². The van der Waals surface area contributed by atoms with E-state index in [1.807, 2.05) is 0 Å². The third-order valence-corrected chi connectivity index (χ3v) is 4.23. The molecule has 1 aliphatic heterocycles. The lowest BCUT2D eigenvalue weighted by Crippen LogP contribution is -2.44. The van der Waals surface area contributed by atoms with Crippen molar-refractivity contribution >= 4 is 0 Å². The van der Waals surface area contributed by atoms with E-state index >= 15 is 0 Å². The van der Waals surface area contributed by atoms with Crippen molar-refractivity contribution in [2.24, 2.45) is 14.1 Å². The zero-order valence-electron chi connectivity index (χ0n) is 12.6. The van der Waals surface area contributed by atoms with E-state index in [1.165, 1.54) is 36.9 Å². The van der Waals surface area contributed by atoms with Gasteiger partial charge >= 0.3 is 5.69 Å². The third-order valence-electron chi connectivity index (χ3n) is 4.23. The van der Waals surface area contributed by atoms with E-state index < -0.39 is 0 Å². The van der Waals surface area contributed by atoms with E-state index in [0.29, 0.717) is 12.6 Å². The molecule has 0 amide bonds. The maximum atomic E-state index is 11.8. The van der Waals surface area contributed by atoms with Gasteiger partial charge in [0, 0.05) is 45.0 Å². The lowest BCUT2D eigenvalue weighted by molar-refractivity contribution is 0.181. The van der Waals surface area contributed by atoms with E-state index in [2.05, 4.69) is 17.3 Å². The molecule has 112 valence electrons. The Morgan fingerprint density at radius 1 is 1.20 bits per heavy atom. The molecule has 2 rings (SSSR count). The molecule has 20 heavy (non-hydrogen) atoms. The van der Waals surface area contributed by atoms with E-state index in [0.717, 1.165) is 23.4 Å². The summed E-state index contributed by atoms with van der Waals surface area (Å²) in [7, 11) is 5.35. The highest BCUT2D eigenvalue weighted by Gasteiger charge is 2.18. The van der Waals surface area contributed by atoms with Gasteiger partial charge in [0.2, 0.25) is 0 Å². The van der Waals surface area contributed by atoms with Crippen LogP contribution in [-0.2, 0) is 20.6 Å². The molecule has 0 bridgehead atoms. The number of nitrogens with zero attached hydrogens (tertiary/aromatic N) is 3. The molecule has 1 atom stereocenters. The molecule has 2 heterocycles. The van der Waals surface area contributed by atoms with Crippen molar-refractivity contribution in [1.29, 1.82) is 0 Å². The summed E-state index contributed by atoms with van der Waals surface area (Å²) in [4.78, 5) is 25.8. The molecule has 1 aromatic rings. The standard InChI is InChI=1S/C14H24N4O2/c1-16-7-5-4-6-11(16)9-15-10-12-8-13(19)18(3)14(20)17(12)2/h8,11,15H,4-7,9-10H2,1-3H3. The first kappa shape index (κ1) is 15.0. The molecular formula is C14H24N4O2. The van der Waals surface area contributed by atoms with Crippen LogP contribution in [0.15, 0.2) is 15.7 Å². The molecule has 1 unspecified atom stereocenters. The minimum Gasteiger partial charge on any atom is -0.310 e. The van der Waals surface area contributed by atoms with Gasteiger partial charge in [0.1, 0.15) is 0 Å². The summed E-state index contributed by atoms with van der Waals surface area (Å²) in [6, 6.07) is 2.08. The minimum absolute atomic E-state index is 0.250. The van der Waals surface area contributed by atoms with Gasteiger partial charge in [-0.05, 0) is 26.4 Å². The second-order valence-electron chi connectivity index (χ2n) is 5.64. The topological polar surface area (TPSA) is 59.3 Å². The second-order valence-corrected chi connectivity index (χ2v) is 5.64. The summed E-state index contributed by atoms with van der Waals surface area (Å²) in [5.41, 5.74) is 0.209. The molecule has 1 saturated heterocycles. The summed E-state index contributed by atoms with van der Waals surface area (Å²) >= 11 is 0. The van der Waals surface area contributed by atoms with Crippen molar-refractivity contribution < 1.29 is 0 Å². The van der Waals surface area contributed by atoms with Gasteiger partial charge in [0.25, 0.3) is 5.56 Å². The predicted molar refractivity (Wildman–Crippen MR) is 78.9 cm³/mol. The number of hydrogen-bond acceptors (Lipinski definition) is 4. The normalized spacial score (nSPS) is 20.2. The number of rotatable bonds is 4. The molecule has 1 aromatic heterocycles. The molecule has 1 fully saturated rings. The Morgan fingerprint density at radius 2 is 1.95 bits per heavy atom. The van der Waals surface area contributed by atoms with Crippen molar-refractivity contribution in [3.63, 3.8) is 0 Å². The number of piperidine rings is 1. The summed E-state index contributed by atoms with van der Waals surface area (Å²) in [5.74, 6) is 0. The first-order valence-electron chi connectivity index (χ1n) is 7.17. The van der Waals surface area contributed by atoms with Gasteiger partial charge in [0.15, 0.2) is 0 Å². The molecule has 0 spiro atoms. The Hall–Kier alpha value is -1.40. The van der Waals surface area contributed by atoms with Crippen molar-refractivity contribution in [2.75, 3.05) is 20.1 Å². The summed E-state index contributed by atoms with van der Waals surface area (Å²) < 4.78 is 2.65. The van der Waals surface area contributed by atoms with Crippen LogP contribution in [0.4, 0.5) is 0 Å². The van der Waals surface area contributed by atoms with Gasteiger partial charge in [0.05, 0.1) is 0 Å². The zero-order valence-corrected chi connectivity index (χ0v) is 12.6. The van der Waals surface area contributed by atoms with Gasteiger partial charge in [-0.15, -0.1) is 0 Å². The molecule has 0 radical (unpaired) electrons. The minimum atomic E-state index is -0.274. The fourth-order valence-corrected chi connectivity index (χ4v) is 2.72. The number of likely N-dealkylation sites (N-methyl/N-ethyl adjacent to an activating group) is 1. The SMILES string of the molecule is CN1CCCCC1CNCc1cc(=O)n(C)c(=O)n1C. The smallest absolute Gasteiger partial charge is 0.310 e. The first-order chi connectivity index (χ1) is 9.50. The highest BCUT2D eigenvalue weighted by molar-refractivity contribution is 5.02. The molecule has 0 aliphatic carbocycles. The van der Waals surface area contributed by atoms with Crippen LogP contribution in [0.2, 0.25) is 0 Å². The zero-order chi connectivity index (χ0) is 14.7. The number of nitrogens with one attached hydrogen (secondary N) is 1. The average Bonchev–Trinajstić information content (AvgIpc) is 2.44. The molecule has 6 nitrogen and oxygen atoms in total. The molecule has 0 saturated carbocycles. The number of aromatic nitrogens is 2. The van der Waals surface area contributed by atoms with Crippen LogP contribution in [0, 0.1) is 0 Å². The molecule has 1 aliphatic rings. The van der Waals surface area contributed by atoms with Crippen LogP contribution in [0.3, 0.4) is 0 Å². The number of likely N-dealkylation sites (tertiary alicyclic amines) is 1. The predicted octanol–water partition coefficient (Wildman–Crippen LogP) is -0.342. The van der Waals surface area contributed by atoms with Crippen LogP contribution >= 0.6 is 0 Å². The first-order valence-corrected chi connectivity index (χ1v) is 7.17. The monoisotopic (exact) mass is 280 g/mol. The van der Waals surface area contributed by atoms with Crippen molar-refractivity contribution in [1.82, 2.24) is 19.4 Å².